The van der Waals surface area contributed by atoms with Crippen LogP contribution in [0.25, 0.3) is 11.3 Å². The standard InChI is InChI=1S/C12H11NO4/c1-2-16-11(14)9-10(17-12(15)13-9)8-6-4-3-5-7-8/h3-7H,2H2,1H3,(H,13,15). The van der Waals surface area contributed by atoms with Gasteiger partial charge in [-0.1, -0.05) is 30.3 Å². The summed E-state index contributed by atoms with van der Waals surface area (Å²) >= 11 is 0. The second-order valence-corrected chi connectivity index (χ2v) is 3.31. The number of aromatic amines is 1. The van der Waals surface area contributed by atoms with Gasteiger partial charge in [-0.15, -0.1) is 0 Å². The van der Waals surface area contributed by atoms with Crippen LogP contribution >= 0.6 is 0 Å². The minimum absolute atomic E-state index is 0.0445. The number of benzene rings is 1. The van der Waals surface area contributed by atoms with Crippen LogP contribution in [0.1, 0.15) is 17.4 Å². The molecule has 0 saturated heterocycles. The van der Waals surface area contributed by atoms with E-state index in [-0.39, 0.29) is 18.1 Å². The number of aromatic nitrogens is 1. The molecule has 88 valence electrons. The average Bonchev–Trinajstić information content (AvgIpc) is 2.73. The van der Waals surface area contributed by atoms with E-state index in [1.54, 1.807) is 31.2 Å². The summed E-state index contributed by atoms with van der Waals surface area (Å²) in [6.45, 7) is 1.93. The van der Waals surface area contributed by atoms with Gasteiger partial charge in [0.2, 0.25) is 0 Å². The number of H-pyrrole nitrogens is 1. The number of hydrogen-bond acceptors (Lipinski definition) is 4. The summed E-state index contributed by atoms with van der Waals surface area (Å²) in [7, 11) is 0. The highest BCUT2D eigenvalue weighted by molar-refractivity contribution is 5.93. The normalized spacial score (nSPS) is 10.2. The van der Waals surface area contributed by atoms with Crippen LogP contribution < -0.4 is 5.76 Å². The molecule has 0 aliphatic heterocycles. The molecule has 0 spiro atoms. The lowest BCUT2D eigenvalue weighted by Crippen LogP contribution is -2.08. The maximum atomic E-state index is 11.6. The van der Waals surface area contributed by atoms with Crippen molar-refractivity contribution in [2.45, 2.75) is 6.92 Å². The Hall–Kier alpha value is -2.30. The van der Waals surface area contributed by atoms with Gasteiger partial charge in [0.25, 0.3) is 0 Å². The molecule has 0 amide bonds. The molecule has 1 N–H and O–H groups in total. The molecule has 17 heavy (non-hydrogen) atoms. The fraction of sp³-hybridized carbons (Fsp3) is 0.167. The highest BCUT2D eigenvalue weighted by Gasteiger charge is 2.19. The van der Waals surface area contributed by atoms with E-state index in [1.807, 2.05) is 6.07 Å². The first-order chi connectivity index (χ1) is 8.22. The number of oxazole rings is 1. The lowest BCUT2D eigenvalue weighted by atomic mass is 10.1. The minimum Gasteiger partial charge on any atom is -0.461 e. The molecule has 1 aromatic heterocycles. The SMILES string of the molecule is CCOC(=O)c1[nH]c(=O)oc1-c1ccccc1. The third-order valence-electron chi connectivity index (χ3n) is 2.16. The summed E-state index contributed by atoms with van der Waals surface area (Å²) in [6, 6.07) is 8.90. The molecule has 0 aliphatic rings. The number of ether oxygens (including phenoxy) is 1. The van der Waals surface area contributed by atoms with Crippen molar-refractivity contribution in [1.82, 2.24) is 4.98 Å². The van der Waals surface area contributed by atoms with Gasteiger partial charge in [-0.3, -0.25) is 4.98 Å². The molecule has 0 aliphatic carbocycles. The average molecular weight is 233 g/mol. The minimum atomic E-state index is -0.674. The fourth-order valence-corrected chi connectivity index (χ4v) is 1.47. The molecule has 5 nitrogen and oxygen atoms in total. The van der Waals surface area contributed by atoms with Crippen LogP contribution in [-0.4, -0.2) is 17.6 Å². The van der Waals surface area contributed by atoms with E-state index in [0.29, 0.717) is 5.56 Å². The van der Waals surface area contributed by atoms with Crippen molar-refractivity contribution in [1.29, 1.82) is 0 Å². The van der Waals surface area contributed by atoms with Gasteiger partial charge < -0.3 is 9.15 Å². The van der Waals surface area contributed by atoms with Crippen molar-refractivity contribution in [3.63, 3.8) is 0 Å². The Morgan fingerprint density at radius 3 is 2.71 bits per heavy atom. The molecule has 0 radical (unpaired) electrons. The first kappa shape index (κ1) is 11.2. The lowest BCUT2D eigenvalue weighted by molar-refractivity contribution is 0.0520. The van der Waals surface area contributed by atoms with Crippen LogP contribution in [0.3, 0.4) is 0 Å². The van der Waals surface area contributed by atoms with Crippen LogP contribution in [0, 0.1) is 0 Å². The van der Waals surface area contributed by atoms with Gasteiger partial charge in [0.05, 0.1) is 6.61 Å². The molecule has 0 unspecified atom stereocenters. The zero-order chi connectivity index (χ0) is 12.3. The fourth-order valence-electron chi connectivity index (χ4n) is 1.47. The molecular weight excluding hydrogens is 222 g/mol. The molecule has 5 heteroatoms. The maximum absolute atomic E-state index is 11.6. The first-order valence-corrected chi connectivity index (χ1v) is 5.18. The number of carbonyl (C=O) groups is 1. The molecule has 0 saturated carbocycles. The van der Waals surface area contributed by atoms with E-state index < -0.39 is 11.7 Å². The van der Waals surface area contributed by atoms with E-state index in [2.05, 4.69) is 4.98 Å². The van der Waals surface area contributed by atoms with E-state index in [9.17, 15) is 9.59 Å². The first-order valence-electron chi connectivity index (χ1n) is 5.18. The zero-order valence-corrected chi connectivity index (χ0v) is 9.23. The van der Waals surface area contributed by atoms with E-state index >= 15 is 0 Å². The predicted octanol–water partition coefficient (Wildman–Crippen LogP) is 1.81. The Morgan fingerprint density at radius 2 is 2.06 bits per heavy atom. The number of rotatable bonds is 3. The highest BCUT2D eigenvalue weighted by Crippen LogP contribution is 2.21. The summed E-state index contributed by atoms with van der Waals surface area (Å²) in [5.74, 6) is -1.07. The number of esters is 1. The van der Waals surface area contributed by atoms with Gasteiger partial charge in [0, 0.05) is 5.56 Å². The summed E-state index contributed by atoms with van der Waals surface area (Å²) in [6.07, 6.45) is 0. The lowest BCUT2D eigenvalue weighted by Gasteiger charge is -2.01. The topological polar surface area (TPSA) is 72.3 Å². The second-order valence-electron chi connectivity index (χ2n) is 3.31. The van der Waals surface area contributed by atoms with Crippen molar-refractivity contribution in [3.8, 4) is 11.3 Å². The Morgan fingerprint density at radius 1 is 1.35 bits per heavy atom. The largest absolute Gasteiger partial charge is 0.461 e. The van der Waals surface area contributed by atoms with Crippen molar-refractivity contribution >= 4 is 5.97 Å². The van der Waals surface area contributed by atoms with Crippen molar-refractivity contribution in [3.05, 3.63) is 46.6 Å². The molecule has 0 fully saturated rings. The Bertz CT molecular complexity index is 568. The number of hydrogen-bond donors (Lipinski definition) is 1. The smallest absolute Gasteiger partial charge is 0.417 e. The molecule has 2 aromatic rings. The Balaban J connectivity index is 2.48. The summed E-state index contributed by atoms with van der Waals surface area (Å²) in [5, 5.41) is 0. The monoisotopic (exact) mass is 233 g/mol. The van der Waals surface area contributed by atoms with Crippen LogP contribution in [0.15, 0.2) is 39.5 Å². The molecular formula is C12H11NO4. The Kier molecular flexibility index (Phi) is 3.09. The quantitative estimate of drug-likeness (QED) is 0.820. The van der Waals surface area contributed by atoms with Gasteiger partial charge in [0.15, 0.2) is 11.5 Å². The van der Waals surface area contributed by atoms with Crippen LogP contribution in [0.4, 0.5) is 0 Å². The molecule has 2 rings (SSSR count). The maximum Gasteiger partial charge on any atom is 0.417 e. The van der Waals surface area contributed by atoms with E-state index in [4.69, 9.17) is 9.15 Å². The summed E-state index contributed by atoms with van der Waals surface area (Å²) in [4.78, 5) is 25.1. The van der Waals surface area contributed by atoms with E-state index in [1.165, 1.54) is 0 Å². The molecule has 0 atom stereocenters. The zero-order valence-electron chi connectivity index (χ0n) is 9.23. The predicted molar refractivity (Wildman–Crippen MR) is 60.7 cm³/mol. The Labute approximate surface area is 97.0 Å². The third kappa shape index (κ3) is 2.28. The summed E-state index contributed by atoms with van der Waals surface area (Å²) < 4.78 is 9.79. The molecule has 1 heterocycles. The van der Waals surface area contributed by atoms with Crippen molar-refractivity contribution in [2.75, 3.05) is 6.61 Å². The molecule has 0 bridgehead atoms. The van der Waals surface area contributed by atoms with E-state index in [0.717, 1.165) is 0 Å². The molecule has 1 aromatic carbocycles. The second kappa shape index (κ2) is 4.69. The van der Waals surface area contributed by atoms with Crippen LogP contribution in [-0.2, 0) is 4.74 Å². The highest BCUT2D eigenvalue weighted by atomic mass is 16.5. The number of carbonyl (C=O) groups excluding carboxylic acids is 1. The third-order valence-corrected chi connectivity index (χ3v) is 2.16. The van der Waals surface area contributed by atoms with Gasteiger partial charge in [-0.05, 0) is 6.92 Å². The van der Waals surface area contributed by atoms with Crippen molar-refractivity contribution < 1.29 is 13.9 Å². The van der Waals surface area contributed by atoms with Gasteiger partial charge in [-0.2, -0.15) is 0 Å². The van der Waals surface area contributed by atoms with Gasteiger partial charge in [0.1, 0.15) is 0 Å². The summed E-state index contributed by atoms with van der Waals surface area (Å²) in [5.41, 5.74) is 0.692. The van der Waals surface area contributed by atoms with Crippen LogP contribution in [0.5, 0.6) is 0 Å². The van der Waals surface area contributed by atoms with Gasteiger partial charge >= 0.3 is 11.7 Å². The van der Waals surface area contributed by atoms with Gasteiger partial charge in [-0.25, -0.2) is 9.59 Å². The van der Waals surface area contributed by atoms with Crippen LogP contribution in [0.2, 0.25) is 0 Å². The van der Waals surface area contributed by atoms with Crippen molar-refractivity contribution in [2.24, 2.45) is 0 Å². The number of nitrogens with one attached hydrogen (secondary N) is 1.